The summed E-state index contributed by atoms with van der Waals surface area (Å²) in [5.74, 6) is -1.17. The quantitative estimate of drug-likeness (QED) is 0.488. The van der Waals surface area contributed by atoms with Crippen LogP contribution in [-0.2, 0) is 26.2 Å². The standard InChI is InChI=1S/C27H30N6O6/c1-27(2,3)39-26(38)32-12-11-28-24(36)22(32)17-7-5-16(14-29-17)15-6-8-18-20(13-15)31(4)25(37)33(18)19-9-10-21(34)30-23(19)35/h5-8,13-14,19,22H,9-12H2,1-4H3,(H,28,36)(H,30,34,35). The van der Waals surface area contributed by atoms with E-state index in [1.807, 2.05) is 12.1 Å². The molecule has 0 saturated carbocycles. The maximum atomic E-state index is 13.1. The molecule has 2 aliphatic rings. The van der Waals surface area contributed by atoms with Crippen LogP contribution in [0.2, 0.25) is 0 Å². The van der Waals surface area contributed by atoms with Crippen LogP contribution in [0, 0.1) is 0 Å². The van der Waals surface area contributed by atoms with Gasteiger partial charge in [-0.15, -0.1) is 0 Å². The average molecular weight is 535 g/mol. The zero-order chi connectivity index (χ0) is 28.1. The molecule has 2 unspecified atom stereocenters. The van der Waals surface area contributed by atoms with Crippen LogP contribution in [0.3, 0.4) is 0 Å². The van der Waals surface area contributed by atoms with Crippen molar-refractivity contribution < 1.29 is 23.9 Å². The topological polar surface area (TPSA) is 145 Å². The van der Waals surface area contributed by atoms with Gasteiger partial charge < -0.3 is 10.1 Å². The number of ether oxygens (including phenoxy) is 1. The summed E-state index contributed by atoms with van der Waals surface area (Å²) in [5, 5.41) is 5.09. The molecule has 5 rings (SSSR count). The van der Waals surface area contributed by atoms with Crippen molar-refractivity contribution in [2.24, 2.45) is 7.05 Å². The molecule has 39 heavy (non-hydrogen) atoms. The number of aromatic nitrogens is 3. The number of rotatable bonds is 3. The van der Waals surface area contributed by atoms with Gasteiger partial charge in [-0.3, -0.25) is 38.7 Å². The van der Waals surface area contributed by atoms with E-state index in [4.69, 9.17) is 4.74 Å². The van der Waals surface area contributed by atoms with Gasteiger partial charge in [0.05, 0.1) is 16.7 Å². The molecule has 2 saturated heterocycles. The molecule has 4 amide bonds. The second-order valence-electron chi connectivity index (χ2n) is 10.7. The largest absolute Gasteiger partial charge is 0.444 e. The minimum atomic E-state index is -0.923. The van der Waals surface area contributed by atoms with Crippen LogP contribution < -0.4 is 16.3 Å². The van der Waals surface area contributed by atoms with E-state index < -0.39 is 29.7 Å². The van der Waals surface area contributed by atoms with Crippen molar-refractivity contribution in [1.29, 1.82) is 0 Å². The predicted octanol–water partition coefficient (Wildman–Crippen LogP) is 1.79. The van der Waals surface area contributed by atoms with Crippen molar-refractivity contribution in [2.45, 2.75) is 51.3 Å². The monoisotopic (exact) mass is 534 g/mol. The third-order valence-corrected chi connectivity index (χ3v) is 6.85. The Kier molecular flexibility index (Phi) is 6.49. The number of hydrogen-bond donors (Lipinski definition) is 2. The Morgan fingerprint density at radius 2 is 1.77 bits per heavy atom. The number of fused-ring (bicyclic) bond motifs is 1. The molecule has 12 heteroatoms. The summed E-state index contributed by atoms with van der Waals surface area (Å²) >= 11 is 0. The summed E-state index contributed by atoms with van der Waals surface area (Å²) in [7, 11) is 1.63. The molecular formula is C27H30N6O6. The lowest BCUT2D eigenvalue weighted by atomic mass is 10.0. The first-order valence-electron chi connectivity index (χ1n) is 12.7. The SMILES string of the molecule is Cn1c(=O)n(C2CCC(=O)NC2=O)c2ccc(-c3ccc(C4C(=O)NCCN4C(=O)OC(C)(C)C)nc3)cc21. The van der Waals surface area contributed by atoms with Gasteiger partial charge in [0.2, 0.25) is 17.7 Å². The lowest BCUT2D eigenvalue weighted by Gasteiger charge is -2.35. The van der Waals surface area contributed by atoms with Crippen molar-refractivity contribution >= 4 is 34.8 Å². The fourth-order valence-corrected chi connectivity index (χ4v) is 4.99. The Hall–Kier alpha value is -4.48. The van der Waals surface area contributed by atoms with Crippen molar-refractivity contribution in [3.8, 4) is 11.1 Å². The van der Waals surface area contributed by atoms with E-state index in [0.717, 1.165) is 11.1 Å². The Morgan fingerprint density at radius 3 is 2.44 bits per heavy atom. The van der Waals surface area contributed by atoms with Crippen LogP contribution in [0.1, 0.15) is 51.4 Å². The first-order valence-corrected chi connectivity index (χ1v) is 12.7. The van der Waals surface area contributed by atoms with E-state index in [1.54, 1.807) is 52.2 Å². The Morgan fingerprint density at radius 1 is 1.03 bits per heavy atom. The first kappa shape index (κ1) is 26.1. The zero-order valence-electron chi connectivity index (χ0n) is 22.2. The van der Waals surface area contributed by atoms with Gasteiger partial charge in [0.25, 0.3) is 0 Å². The molecule has 2 atom stereocenters. The summed E-state index contributed by atoms with van der Waals surface area (Å²) in [6.45, 7) is 5.92. The van der Waals surface area contributed by atoms with Gasteiger partial charge in [-0.25, -0.2) is 9.59 Å². The Bertz CT molecular complexity index is 1550. The normalized spacial score (nSPS) is 20.1. The number of imidazole rings is 1. The number of piperidine rings is 1. The highest BCUT2D eigenvalue weighted by Crippen LogP contribution is 2.29. The van der Waals surface area contributed by atoms with Gasteiger partial charge in [-0.2, -0.15) is 0 Å². The number of imide groups is 1. The van der Waals surface area contributed by atoms with E-state index in [2.05, 4.69) is 15.6 Å². The number of amides is 4. The molecule has 204 valence electrons. The number of nitrogens with one attached hydrogen (secondary N) is 2. The van der Waals surface area contributed by atoms with Crippen LogP contribution in [0.15, 0.2) is 41.3 Å². The van der Waals surface area contributed by atoms with E-state index in [1.165, 1.54) is 14.0 Å². The van der Waals surface area contributed by atoms with Gasteiger partial charge in [-0.1, -0.05) is 12.1 Å². The van der Waals surface area contributed by atoms with Crippen LogP contribution in [0.4, 0.5) is 4.79 Å². The van der Waals surface area contributed by atoms with Crippen LogP contribution in [0.25, 0.3) is 22.2 Å². The lowest BCUT2D eigenvalue weighted by Crippen LogP contribution is -2.53. The van der Waals surface area contributed by atoms with Crippen molar-refractivity contribution in [3.63, 3.8) is 0 Å². The third-order valence-electron chi connectivity index (χ3n) is 6.85. The number of benzene rings is 1. The molecule has 0 spiro atoms. The molecule has 2 fully saturated rings. The molecule has 2 N–H and O–H groups in total. The van der Waals surface area contributed by atoms with Crippen LogP contribution in [-0.4, -0.2) is 61.5 Å². The summed E-state index contributed by atoms with van der Waals surface area (Å²) in [4.78, 5) is 68.5. The van der Waals surface area contributed by atoms with Gasteiger partial charge in [0.15, 0.2) is 6.04 Å². The molecule has 0 aliphatic carbocycles. The molecule has 2 aliphatic heterocycles. The lowest BCUT2D eigenvalue weighted by molar-refractivity contribution is -0.135. The molecule has 0 bridgehead atoms. The number of piperazine rings is 1. The minimum absolute atomic E-state index is 0.166. The summed E-state index contributed by atoms with van der Waals surface area (Å²) in [6, 6.07) is 7.22. The fourth-order valence-electron chi connectivity index (χ4n) is 4.99. The highest BCUT2D eigenvalue weighted by atomic mass is 16.6. The highest BCUT2D eigenvalue weighted by Gasteiger charge is 2.37. The number of carbonyl (C=O) groups excluding carboxylic acids is 4. The Labute approximate surface area is 223 Å². The summed E-state index contributed by atoms with van der Waals surface area (Å²) in [6.07, 6.45) is 1.45. The van der Waals surface area contributed by atoms with Gasteiger partial charge in [-0.05, 0) is 51.0 Å². The van der Waals surface area contributed by atoms with Crippen LogP contribution >= 0.6 is 0 Å². The number of nitrogens with zero attached hydrogens (tertiary/aromatic N) is 4. The van der Waals surface area contributed by atoms with E-state index in [9.17, 15) is 24.0 Å². The number of carbonyl (C=O) groups is 4. The minimum Gasteiger partial charge on any atom is -0.444 e. The fraction of sp³-hybridized carbons (Fsp3) is 0.407. The molecular weight excluding hydrogens is 504 g/mol. The van der Waals surface area contributed by atoms with Gasteiger partial charge in [0.1, 0.15) is 11.6 Å². The second-order valence-corrected chi connectivity index (χ2v) is 10.7. The number of hydrogen-bond acceptors (Lipinski definition) is 7. The molecule has 12 nitrogen and oxygen atoms in total. The first-order chi connectivity index (χ1) is 18.4. The van der Waals surface area contributed by atoms with Crippen molar-refractivity contribution in [2.75, 3.05) is 13.1 Å². The van der Waals surface area contributed by atoms with Crippen LogP contribution in [0.5, 0.6) is 0 Å². The molecule has 1 aromatic carbocycles. The maximum absolute atomic E-state index is 13.1. The summed E-state index contributed by atoms with van der Waals surface area (Å²) in [5.41, 5.74) is 2.06. The number of pyridine rings is 1. The van der Waals surface area contributed by atoms with Crippen molar-refractivity contribution in [3.05, 3.63) is 52.7 Å². The van der Waals surface area contributed by atoms with E-state index in [0.29, 0.717) is 29.8 Å². The van der Waals surface area contributed by atoms with Crippen molar-refractivity contribution in [1.82, 2.24) is 29.7 Å². The van der Waals surface area contributed by atoms with Gasteiger partial charge in [0, 0.05) is 38.3 Å². The smallest absolute Gasteiger partial charge is 0.411 e. The maximum Gasteiger partial charge on any atom is 0.411 e. The molecule has 4 heterocycles. The molecule has 0 radical (unpaired) electrons. The van der Waals surface area contributed by atoms with E-state index >= 15 is 0 Å². The third kappa shape index (κ3) is 4.89. The molecule has 2 aromatic heterocycles. The average Bonchev–Trinajstić information content (AvgIpc) is 3.12. The van der Waals surface area contributed by atoms with E-state index in [-0.39, 0.29) is 30.3 Å². The second kappa shape index (κ2) is 9.68. The highest BCUT2D eigenvalue weighted by molar-refractivity contribution is 6.00. The predicted molar refractivity (Wildman–Crippen MR) is 141 cm³/mol. The number of aryl methyl sites for hydroxylation is 1. The van der Waals surface area contributed by atoms with Gasteiger partial charge >= 0.3 is 11.8 Å². The zero-order valence-corrected chi connectivity index (χ0v) is 22.2. The summed E-state index contributed by atoms with van der Waals surface area (Å²) < 4.78 is 8.39. The molecule has 3 aromatic rings. The Balaban J connectivity index is 1.45.